The number of hydrogen-bond acceptors (Lipinski definition) is 6. The quantitative estimate of drug-likeness (QED) is 0.726. The fourth-order valence-corrected chi connectivity index (χ4v) is 3.08. The van der Waals surface area contributed by atoms with E-state index in [-0.39, 0.29) is 11.9 Å². The van der Waals surface area contributed by atoms with Crippen molar-refractivity contribution in [3.8, 4) is 11.4 Å². The molecule has 1 aliphatic heterocycles. The molecule has 0 unspecified atom stereocenters. The van der Waals surface area contributed by atoms with Crippen molar-refractivity contribution in [2.24, 2.45) is 0 Å². The Morgan fingerprint density at radius 1 is 1.28 bits per heavy atom. The smallest absolute Gasteiger partial charge is 0.259 e. The molecule has 2 aromatic heterocycles. The van der Waals surface area contributed by atoms with Crippen LogP contribution in [0.3, 0.4) is 0 Å². The Bertz CT molecular complexity index is 872. The Morgan fingerprint density at radius 3 is 2.88 bits per heavy atom. The van der Waals surface area contributed by atoms with Gasteiger partial charge in [-0.1, -0.05) is 35.5 Å². The summed E-state index contributed by atoms with van der Waals surface area (Å²) in [5, 5.41) is 16.5. The molecule has 3 heterocycles. The van der Waals surface area contributed by atoms with Gasteiger partial charge in [-0.3, -0.25) is 4.79 Å². The van der Waals surface area contributed by atoms with Gasteiger partial charge in [0.2, 0.25) is 5.82 Å². The second-order valence-electron chi connectivity index (χ2n) is 6.14. The molecule has 0 N–H and O–H groups in total. The molecule has 0 spiro atoms. The number of tetrazole rings is 1. The van der Waals surface area contributed by atoms with Crippen LogP contribution in [0.4, 0.5) is 0 Å². The van der Waals surface area contributed by atoms with E-state index in [2.05, 4.69) is 20.6 Å². The predicted molar refractivity (Wildman–Crippen MR) is 88.7 cm³/mol. The van der Waals surface area contributed by atoms with E-state index in [4.69, 9.17) is 4.52 Å². The standard InChI is InChI=1S/C17H18N6O2/c1-12-15(10-18-25-12)17(24)22-9-5-8-14(11-22)23-20-16(19-21-23)13-6-3-2-4-7-13/h2-4,6-7,10,14H,5,8-9,11H2,1H3/t14-/m0/s1. The summed E-state index contributed by atoms with van der Waals surface area (Å²) >= 11 is 0. The first-order valence-corrected chi connectivity index (χ1v) is 8.28. The molecule has 1 aliphatic rings. The molecule has 1 fully saturated rings. The molecule has 1 amide bonds. The van der Waals surface area contributed by atoms with Crippen LogP contribution in [0.5, 0.6) is 0 Å². The largest absolute Gasteiger partial charge is 0.361 e. The summed E-state index contributed by atoms with van der Waals surface area (Å²) in [6.07, 6.45) is 3.28. The number of nitrogens with zero attached hydrogens (tertiary/aromatic N) is 6. The van der Waals surface area contributed by atoms with Crippen LogP contribution < -0.4 is 0 Å². The molecule has 0 bridgehead atoms. The minimum atomic E-state index is -0.0631. The van der Waals surface area contributed by atoms with E-state index in [9.17, 15) is 4.79 Å². The highest BCUT2D eigenvalue weighted by atomic mass is 16.5. The van der Waals surface area contributed by atoms with Gasteiger partial charge in [-0.2, -0.15) is 4.80 Å². The lowest BCUT2D eigenvalue weighted by Crippen LogP contribution is -2.41. The highest BCUT2D eigenvalue weighted by Gasteiger charge is 2.28. The zero-order chi connectivity index (χ0) is 17.2. The van der Waals surface area contributed by atoms with Crippen molar-refractivity contribution in [3.63, 3.8) is 0 Å². The molecule has 1 aromatic carbocycles. The molecule has 0 aliphatic carbocycles. The summed E-state index contributed by atoms with van der Waals surface area (Å²) in [4.78, 5) is 16.1. The van der Waals surface area contributed by atoms with E-state index in [1.54, 1.807) is 16.6 Å². The molecule has 3 aromatic rings. The molecule has 8 heteroatoms. The van der Waals surface area contributed by atoms with Gasteiger partial charge in [-0.05, 0) is 25.0 Å². The zero-order valence-electron chi connectivity index (χ0n) is 13.9. The van der Waals surface area contributed by atoms with Crippen molar-refractivity contribution >= 4 is 5.91 Å². The normalized spacial score (nSPS) is 17.6. The minimum Gasteiger partial charge on any atom is -0.361 e. The van der Waals surface area contributed by atoms with Crippen molar-refractivity contribution < 1.29 is 9.32 Å². The van der Waals surface area contributed by atoms with Gasteiger partial charge in [0.05, 0.1) is 12.2 Å². The molecule has 0 radical (unpaired) electrons. The van der Waals surface area contributed by atoms with E-state index < -0.39 is 0 Å². The molecule has 1 saturated heterocycles. The maximum absolute atomic E-state index is 12.6. The zero-order valence-corrected chi connectivity index (χ0v) is 13.9. The molecule has 128 valence electrons. The van der Waals surface area contributed by atoms with Gasteiger partial charge in [0, 0.05) is 18.7 Å². The SMILES string of the molecule is Cc1oncc1C(=O)N1CCC[C@H](n2nnc(-c3ccccc3)n2)C1. The first-order valence-electron chi connectivity index (χ1n) is 8.28. The van der Waals surface area contributed by atoms with Crippen molar-refractivity contribution in [1.29, 1.82) is 0 Å². The van der Waals surface area contributed by atoms with E-state index in [1.807, 2.05) is 30.3 Å². The third-order valence-electron chi connectivity index (χ3n) is 4.45. The molecule has 25 heavy (non-hydrogen) atoms. The first kappa shape index (κ1) is 15.5. The van der Waals surface area contributed by atoms with Crippen molar-refractivity contribution in [2.45, 2.75) is 25.8 Å². The van der Waals surface area contributed by atoms with Crippen LogP contribution in [-0.4, -0.2) is 49.3 Å². The maximum atomic E-state index is 12.6. The molecule has 1 atom stereocenters. The molecule has 0 saturated carbocycles. The van der Waals surface area contributed by atoms with Gasteiger partial charge in [-0.25, -0.2) is 0 Å². The fourth-order valence-electron chi connectivity index (χ4n) is 3.08. The molecular weight excluding hydrogens is 320 g/mol. The summed E-state index contributed by atoms with van der Waals surface area (Å²) in [6.45, 7) is 3.00. The summed E-state index contributed by atoms with van der Waals surface area (Å²) < 4.78 is 5.00. The highest BCUT2D eigenvalue weighted by molar-refractivity contribution is 5.94. The fraction of sp³-hybridized carbons (Fsp3) is 0.353. The Balaban J connectivity index is 1.51. The number of rotatable bonds is 3. The van der Waals surface area contributed by atoms with Crippen LogP contribution in [0.1, 0.15) is 35.0 Å². The van der Waals surface area contributed by atoms with E-state index in [1.165, 1.54) is 6.20 Å². The topological polar surface area (TPSA) is 89.9 Å². The first-order chi connectivity index (χ1) is 12.2. The minimum absolute atomic E-state index is 0.0165. The number of likely N-dealkylation sites (tertiary alicyclic amines) is 1. The Labute approximate surface area is 144 Å². The summed E-state index contributed by atoms with van der Waals surface area (Å²) in [6, 6.07) is 9.75. The van der Waals surface area contributed by atoms with E-state index in [0.29, 0.717) is 30.2 Å². The Morgan fingerprint density at radius 2 is 2.12 bits per heavy atom. The van der Waals surface area contributed by atoms with Crippen LogP contribution in [0.2, 0.25) is 0 Å². The lowest BCUT2D eigenvalue weighted by molar-refractivity contribution is 0.0661. The number of amides is 1. The number of hydrogen-bond donors (Lipinski definition) is 0. The number of carbonyl (C=O) groups excluding carboxylic acids is 1. The summed E-state index contributed by atoms with van der Waals surface area (Å²) in [5.41, 5.74) is 1.44. The highest BCUT2D eigenvalue weighted by Crippen LogP contribution is 2.23. The second-order valence-corrected chi connectivity index (χ2v) is 6.14. The maximum Gasteiger partial charge on any atom is 0.259 e. The monoisotopic (exact) mass is 338 g/mol. The summed E-state index contributed by atoms with van der Waals surface area (Å²) in [5.74, 6) is 1.07. The van der Waals surface area contributed by atoms with Crippen LogP contribution in [-0.2, 0) is 0 Å². The van der Waals surface area contributed by atoms with Crippen LogP contribution in [0.25, 0.3) is 11.4 Å². The Kier molecular flexibility index (Phi) is 4.01. The van der Waals surface area contributed by atoms with Gasteiger partial charge < -0.3 is 9.42 Å². The third-order valence-corrected chi connectivity index (χ3v) is 4.45. The summed E-state index contributed by atoms with van der Waals surface area (Å²) in [7, 11) is 0. The van der Waals surface area contributed by atoms with Gasteiger partial charge in [0.25, 0.3) is 5.91 Å². The molecule has 4 rings (SSSR count). The van der Waals surface area contributed by atoms with Crippen molar-refractivity contribution in [2.75, 3.05) is 13.1 Å². The van der Waals surface area contributed by atoms with Gasteiger partial charge >= 0.3 is 0 Å². The van der Waals surface area contributed by atoms with Crippen molar-refractivity contribution in [1.82, 2.24) is 30.3 Å². The number of aryl methyl sites for hydroxylation is 1. The third kappa shape index (κ3) is 3.02. The average molecular weight is 338 g/mol. The van der Waals surface area contributed by atoms with Crippen LogP contribution >= 0.6 is 0 Å². The number of aromatic nitrogens is 5. The van der Waals surface area contributed by atoms with E-state index in [0.717, 1.165) is 18.4 Å². The second kappa shape index (κ2) is 6.46. The van der Waals surface area contributed by atoms with Gasteiger partial charge in [-0.15, -0.1) is 10.2 Å². The molecule has 8 nitrogen and oxygen atoms in total. The van der Waals surface area contributed by atoms with Gasteiger partial charge in [0.15, 0.2) is 0 Å². The van der Waals surface area contributed by atoms with Gasteiger partial charge in [0.1, 0.15) is 11.3 Å². The molecular formula is C17H18N6O2. The number of benzene rings is 1. The number of carbonyl (C=O) groups is 1. The lowest BCUT2D eigenvalue weighted by Gasteiger charge is -2.31. The lowest BCUT2D eigenvalue weighted by atomic mass is 10.1. The Hall–Kier alpha value is -3.03. The van der Waals surface area contributed by atoms with E-state index >= 15 is 0 Å². The van der Waals surface area contributed by atoms with Crippen LogP contribution in [0.15, 0.2) is 41.1 Å². The number of piperidine rings is 1. The predicted octanol–water partition coefficient (Wildman–Crippen LogP) is 2.11. The van der Waals surface area contributed by atoms with Crippen molar-refractivity contribution in [3.05, 3.63) is 47.9 Å². The van der Waals surface area contributed by atoms with Crippen LogP contribution in [0, 0.1) is 6.92 Å². The average Bonchev–Trinajstić information content (AvgIpc) is 3.31.